The largest absolute Gasteiger partial charge is 0.362 e. The minimum atomic E-state index is 0.325. The molecule has 0 radical (unpaired) electrons. The summed E-state index contributed by atoms with van der Waals surface area (Å²) in [4.78, 5) is 2.37. The van der Waals surface area contributed by atoms with E-state index >= 15 is 0 Å². The first-order valence-electron chi connectivity index (χ1n) is 6.75. The molecule has 1 unspecified atom stereocenters. The van der Waals surface area contributed by atoms with E-state index in [-0.39, 0.29) is 0 Å². The number of piperidine rings is 1. The van der Waals surface area contributed by atoms with E-state index in [1.54, 1.807) is 0 Å². The number of benzene rings is 1. The first-order chi connectivity index (χ1) is 9.06. The summed E-state index contributed by atoms with van der Waals surface area (Å²) in [6.07, 6.45) is 2.07. The zero-order valence-corrected chi connectivity index (χ0v) is 11.5. The Morgan fingerprint density at radius 3 is 2.79 bits per heavy atom. The van der Waals surface area contributed by atoms with Crippen molar-refractivity contribution in [1.29, 1.82) is 0 Å². The highest BCUT2D eigenvalue weighted by atomic mass is 15.2. The molecule has 2 aliphatic heterocycles. The predicted molar refractivity (Wildman–Crippen MR) is 80.2 cm³/mol. The summed E-state index contributed by atoms with van der Waals surface area (Å²) in [6.45, 7) is 15.5. The van der Waals surface area contributed by atoms with Gasteiger partial charge in [-0.05, 0) is 25.3 Å². The summed E-state index contributed by atoms with van der Waals surface area (Å²) in [7, 11) is 0. The van der Waals surface area contributed by atoms with Gasteiger partial charge in [-0.25, -0.2) is 0 Å². The van der Waals surface area contributed by atoms with E-state index in [0.717, 1.165) is 36.5 Å². The maximum atomic E-state index is 4.27. The van der Waals surface area contributed by atoms with Gasteiger partial charge in [-0.15, -0.1) is 0 Å². The Kier molecular flexibility index (Phi) is 2.74. The lowest BCUT2D eigenvalue weighted by atomic mass is 10.0. The molecule has 1 fully saturated rings. The van der Waals surface area contributed by atoms with Crippen LogP contribution in [0.2, 0.25) is 0 Å². The number of aryl methyl sites for hydroxylation is 1. The fourth-order valence-corrected chi connectivity index (χ4v) is 3.07. The highest BCUT2D eigenvalue weighted by Crippen LogP contribution is 2.37. The van der Waals surface area contributed by atoms with E-state index in [0.29, 0.717) is 6.04 Å². The van der Waals surface area contributed by atoms with Crippen LogP contribution in [0, 0.1) is 6.92 Å². The van der Waals surface area contributed by atoms with Crippen LogP contribution in [0.25, 0.3) is 5.70 Å². The lowest BCUT2D eigenvalue weighted by molar-refractivity contribution is 0.297. The van der Waals surface area contributed by atoms with Crippen molar-refractivity contribution in [2.45, 2.75) is 32.4 Å². The van der Waals surface area contributed by atoms with Gasteiger partial charge in [-0.2, -0.15) is 0 Å². The monoisotopic (exact) mass is 252 g/mol. The Labute approximate surface area is 115 Å². The second-order valence-corrected chi connectivity index (χ2v) is 5.54. The summed E-state index contributed by atoms with van der Waals surface area (Å²) < 4.78 is 0. The van der Waals surface area contributed by atoms with Crippen molar-refractivity contribution in [3.63, 3.8) is 0 Å². The third-order valence-corrected chi connectivity index (χ3v) is 4.09. The van der Waals surface area contributed by atoms with Crippen molar-refractivity contribution in [1.82, 2.24) is 10.2 Å². The number of nitrogens with one attached hydrogen (secondary N) is 1. The molecule has 2 aliphatic rings. The van der Waals surface area contributed by atoms with Gasteiger partial charge in [-0.1, -0.05) is 43.5 Å². The predicted octanol–water partition coefficient (Wildman–Crippen LogP) is 3.56. The topological polar surface area (TPSA) is 15.3 Å². The summed E-state index contributed by atoms with van der Waals surface area (Å²) in [5.74, 6) is 0. The Morgan fingerprint density at radius 1 is 1.26 bits per heavy atom. The number of allylic oxidation sites excluding steroid dienone is 1. The fraction of sp³-hybridized carbons (Fsp3) is 0.294. The van der Waals surface area contributed by atoms with Crippen LogP contribution in [0.3, 0.4) is 0 Å². The second kappa shape index (κ2) is 4.30. The van der Waals surface area contributed by atoms with Crippen LogP contribution < -0.4 is 5.32 Å². The molecule has 2 nitrogen and oxygen atoms in total. The molecule has 19 heavy (non-hydrogen) atoms. The molecule has 3 rings (SSSR count). The Bertz CT molecular complexity index is 583. The van der Waals surface area contributed by atoms with Gasteiger partial charge >= 0.3 is 0 Å². The number of fused-ring (bicyclic) bond motifs is 1. The van der Waals surface area contributed by atoms with Crippen LogP contribution in [-0.2, 0) is 6.54 Å². The summed E-state index contributed by atoms with van der Waals surface area (Å²) >= 11 is 0. The van der Waals surface area contributed by atoms with E-state index in [1.807, 2.05) is 0 Å². The quantitative estimate of drug-likeness (QED) is 0.822. The Balaban J connectivity index is 1.87. The molecule has 1 saturated heterocycles. The molecule has 1 aromatic carbocycles. The van der Waals surface area contributed by atoms with Crippen LogP contribution in [-0.4, -0.2) is 10.9 Å². The molecular formula is C17H20N2. The average Bonchev–Trinajstić information content (AvgIpc) is 2.66. The molecule has 0 amide bonds. The smallest absolute Gasteiger partial charge is 0.0693 e. The van der Waals surface area contributed by atoms with Crippen LogP contribution in [0.1, 0.15) is 29.5 Å². The molecule has 1 atom stereocenters. The van der Waals surface area contributed by atoms with Gasteiger partial charge in [0, 0.05) is 29.2 Å². The zero-order valence-electron chi connectivity index (χ0n) is 11.5. The van der Waals surface area contributed by atoms with Gasteiger partial charge in [0.1, 0.15) is 0 Å². The normalized spacial score (nSPS) is 22.5. The molecule has 98 valence electrons. The van der Waals surface area contributed by atoms with Gasteiger partial charge in [0.25, 0.3) is 0 Å². The number of rotatable bonds is 1. The SMILES string of the molecule is C=C1CCC(N2Cc3cc(C)ccc3C2=C)C(=C)N1. The fourth-order valence-electron chi connectivity index (χ4n) is 3.07. The molecule has 0 saturated carbocycles. The molecular weight excluding hydrogens is 232 g/mol. The van der Waals surface area contributed by atoms with Crippen molar-refractivity contribution in [3.8, 4) is 0 Å². The summed E-state index contributed by atoms with van der Waals surface area (Å²) in [6, 6.07) is 6.93. The van der Waals surface area contributed by atoms with Crippen LogP contribution in [0.5, 0.6) is 0 Å². The number of hydrogen-bond donors (Lipinski definition) is 1. The summed E-state index contributed by atoms with van der Waals surface area (Å²) in [5.41, 5.74) is 7.20. The molecule has 0 aromatic heterocycles. The highest BCUT2D eigenvalue weighted by molar-refractivity contribution is 5.70. The van der Waals surface area contributed by atoms with Crippen LogP contribution >= 0.6 is 0 Å². The van der Waals surface area contributed by atoms with Gasteiger partial charge in [-0.3, -0.25) is 0 Å². The van der Waals surface area contributed by atoms with Crippen molar-refractivity contribution < 1.29 is 0 Å². The summed E-state index contributed by atoms with van der Waals surface area (Å²) in [5, 5.41) is 3.29. The first kappa shape index (κ1) is 12.1. The molecule has 0 bridgehead atoms. The molecule has 1 aromatic rings. The second-order valence-electron chi connectivity index (χ2n) is 5.54. The molecule has 2 heteroatoms. The minimum absolute atomic E-state index is 0.325. The lowest BCUT2D eigenvalue weighted by Gasteiger charge is -2.36. The van der Waals surface area contributed by atoms with E-state index < -0.39 is 0 Å². The van der Waals surface area contributed by atoms with Crippen LogP contribution in [0.15, 0.2) is 49.3 Å². The lowest BCUT2D eigenvalue weighted by Crippen LogP contribution is -2.39. The van der Waals surface area contributed by atoms with Gasteiger partial charge < -0.3 is 10.2 Å². The van der Waals surface area contributed by atoms with Gasteiger partial charge in [0.15, 0.2) is 0 Å². The molecule has 0 spiro atoms. The molecule has 0 aliphatic carbocycles. The van der Waals surface area contributed by atoms with Crippen molar-refractivity contribution >= 4 is 5.70 Å². The number of hydrogen-bond acceptors (Lipinski definition) is 2. The maximum Gasteiger partial charge on any atom is 0.0693 e. The van der Waals surface area contributed by atoms with E-state index in [1.165, 1.54) is 16.7 Å². The first-order valence-corrected chi connectivity index (χ1v) is 6.75. The van der Waals surface area contributed by atoms with Crippen molar-refractivity contribution in [3.05, 3.63) is 66.0 Å². The standard InChI is InChI=1S/C17H20N2/c1-11-5-7-16-14(4)19(10-15(16)9-11)17-8-6-12(2)18-13(17)3/h5,7,9,17-18H,2-4,6,8,10H2,1H3. The minimum Gasteiger partial charge on any atom is -0.362 e. The molecule has 2 heterocycles. The third kappa shape index (κ3) is 1.97. The Morgan fingerprint density at radius 2 is 2.05 bits per heavy atom. The van der Waals surface area contributed by atoms with Crippen LogP contribution in [0.4, 0.5) is 0 Å². The van der Waals surface area contributed by atoms with Gasteiger partial charge in [0.05, 0.1) is 6.04 Å². The third-order valence-electron chi connectivity index (χ3n) is 4.09. The van der Waals surface area contributed by atoms with E-state index in [4.69, 9.17) is 0 Å². The average molecular weight is 252 g/mol. The van der Waals surface area contributed by atoms with E-state index in [2.05, 4.69) is 55.1 Å². The van der Waals surface area contributed by atoms with Crippen molar-refractivity contribution in [2.75, 3.05) is 0 Å². The number of nitrogens with zero attached hydrogens (tertiary/aromatic N) is 1. The van der Waals surface area contributed by atoms with E-state index in [9.17, 15) is 0 Å². The van der Waals surface area contributed by atoms with Crippen molar-refractivity contribution in [2.24, 2.45) is 0 Å². The highest BCUT2D eigenvalue weighted by Gasteiger charge is 2.31. The zero-order chi connectivity index (χ0) is 13.6. The molecule has 1 N–H and O–H groups in total. The maximum absolute atomic E-state index is 4.27. The van der Waals surface area contributed by atoms with Gasteiger partial charge in [0.2, 0.25) is 0 Å². The Hall–Kier alpha value is -1.96.